The first kappa shape index (κ1) is 51.0. The molecule has 352 valence electrons. The molecule has 0 bridgehead atoms. The summed E-state index contributed by atoms with van der Waals surface area (Å²) in [5.74, 6) is -1.43. The molecule has 0 saturated carbocycles. The molecule has 1 aliphatic heterocycles. The number of aryl methyl sites for hydroxylation is 2. The summed E-state index contributed by atoms with van der Waals surface area (Å²) in [7, 11) is -4.01. The highest BCUT2D eigenvalue weighted by atomic mass is 79.9. The van der Waals surface area contributed by atoms with Gasteiger partial charge < -0.3 is 29.3 Å². The van der Waals surface area contributed by atoms with Gasteiger partial charge >= 0.3 is 17.9 Å². The number of hydrogen-bond donors (Lipinski definition) is 4. The fraction of sp³-hybridized carbons (Fsp3) is 0.383. The van der Waals surface area contributed by atoms with Crippen LogP contribution in [-0.2, 0) is 41.0 Å². The smallest absolute Gasteiger partial charge is 0.326 e. The lowest BCUT2D eigenvalue weighted by Crippen LogP contribution is -2.53. The molecule has 3 atom stereocenters. The molecule has 17 nitrogen and oxygen atoms in total. The summed E-state index contributed by atoms with van der Waals surface area (Å²) in [4.78, 5) is 54.4. The maximum Gasteiger partial charge on any atom is 0.326 e. The molecule has 19 heteroatoms. The molecule has 0 radical (unpaired) electrons. The monoisotopic (exact) mass is 989 g/mol. The van der Waals surface area contributed by atoms with Gasteiger partial charge in [-0.1, -0.05) is 86.1 Å². The van der Waals surface area contributed by atoms with Crippen LogP contribution in [0.5, 0.6) is 11.9 Å². The number of carbonyl (C=O) groups is 3. The van der Waals surface area contributed by atoms with E-state index in [0.717, 1.165) is 21.2 Å². The van der Waals surface area contributed by atoms with Crippen LogP contribution in [0.1, 0.15) is 63.6 Å². The summed E-state index contributed by atoms with van der Waals surface area (Å²) < 4.78 is 46.5. The largest absolute Gasteiger partial charge is 0.480 e. The lowest BCUT2D eigenvalue weighted by atomic mass is 9.86. The number of aliphatic hydroxyl groups excluding tert-OH is 1. The van der Waals surface area contributed by atoms with Crippen molar-refractivity contribution in [1.82, 2.24) is 30.2 Å². The molecule has 4 N–H and O–H groups in total. The minimum Gasteiger partial charge on any atom is -0.480 e. The minimum atomic E-state index is -4.01. The third-order valence-corrected chi connectivity index (χ3v) is 12.4. The number of rotatable bonds is 20. The topological polar surface area (TPSA) is 232 Å². The van der Waals surface area contributed by atoms with E-state index in [-0.39, 0.29) is 54.9 Å². The Balaban J connectivity index is 0.000000265. The first-order valence-corrected chi connectivity index (χ1v) is 23.7. The average Bonchev–Trinajstić information content (AvgIpc) is 3.81. The minimum absolute atomic E-state index is 0.0545. The van der Waals surface area contributed by atoms with Crippen LogP contribution in [-0.4, -0.2) is 112 Å². The van der Waals surface area contributed by atoms with E-state index >= 15 is 0 Å². The Hall–Kier alpha value is -6.02. The molecule has 1 aliphatic rings. The number of aliphatic carboxylic acids is 1. The van der Waals surface area contributed by atoms with Crippen LogP contribution in [0, 0.1) is 6.92 Å². The number of carboxylic acid groups (broad SMARTS) is 1. The van der Waals surface area contributed by atoms with Crippen molar-refractivity contribution in [3.63, 3.8) is 0 Å². The first-order valence-electron chi connectivity index (χ1n) is 21.4. The van der Waals surface area contributed by atoms with E-state index in [1.807, 2.05) is 75.4 Å². The maximum absolute atomic E-state index is 13.3. The third kappa shape index (κ3) is 14.2. The highest BCUT2D eigenvalue weighted by Gasteiger charge is 2.37. The van der Waals surface area contributed by atoms with Gasteiger partial charge in [0.25, 0.3) is 10.0 Å². The van der Waals surface area contributed by atoms with Gasteiger partial charge in [0.1, 0.15) is 31.6 Å². The number of nitrogens with one attached hydrogen (secondary N) is 2. The van der Waals surface area contributed by atoms with E-state index in [4.69, 9.17) is 14.2 Å². The van der Waals surface area contributed by atoms with Gasteiger partial charge in [-0.25, -0.2) is 33.1 Å². The van der Waals surface area contributed by atoms with Crippen molar-refractivity contribution < 1.29 is 47.2 Å². The number of ether oxygens (including phenoxy) is 3. The average molecular weight is 991 g/mol. The lowest BCUT2D eigenvalue weighted by molar-refractivity contribution is -0.150. The quantitative estimate of drug-likeness (QED) is 0.0507. The Morgan fingerprint density at radius 1 is 0.939 bits per heavy atom. The van der Waals surface area contributed by atoms with Crippen LogP contribution < -0.4 is 19.5 Å². The van der Waals surface area contributed by atoms with E-state index in [1.54, 1.807) is 38.4 Å². The zero-order valence-electron chi connectivity index (χ0n) is 37.5. The van der Waals surface area contributed by atoms with Gasteiger partial charge in [0, 0.05) is 24.4 Å². The van der Waals surface area contributed by atoms with Crippen molar-refractivity contribution in [1.29, 1.82) is 0 Å². The van der Waals surface area contributed by atoms with Gasteiger partial charge in [0.15, 0.2) is 5.82 Å². The molecule has 6 rings (SSSR count). The molecule has 3 aromatic carbocycles. The Bertz CT molecular complexity index is 2480. The molecule has 3 heterocycles. The molecule has 5 aromatic rings. The summed E-state index contributed by atoms with van der Waals surface area (Å²) in [6.45, 7) is 9.96. The van der Waals surface area contributed by atoms with E-state index < -0.39 is 45.5 Å². The van der Waals surface area contributed by atoms with E-state index in [1.165, 1.54) is 23.4 Å². The highest BCUT2D eigenvalue weighted by Crippen LogP contribution is 2.35. The lowest BCUT2D eigenvalue weighted by Gasteiger charge is -2.27. The van der Waals surface area contributed by atoms with Crippen LogP contribution in [0.3, 0.4) is 0 Å². The summed E-state index contributed by atoms with van der Waals surface area (Å²) in [5, 5.41) is 22.0. The number of sulfonamides is 1. The molecule has 0 aliphatic carbocycles. The SMILES string of the molecule is CCOC(=O)[C@H](CCc1ccccc1)N[C@@H](C)C(=O)N1CCC[C@H]1C(=O)O.Cc1ccc(-c2c(NS(=O)(=O)c3ccc(C(C)(C)CO)cc3)ncnc2OCCOc2ncc(Br)cn2)cc1. The summed E-state index contributed by atoms with van der Waals surface area (Å²) >= 11 is 3.27. The van der Waals surface area contributed by atoms with Gasteiger partial charge in [-0.15, -0.1) is 0 Å². The fourth-order valence-corrected chi connectivity index (χ4v) is 8.15. The molecule has 1 fully saturated rings. The Morgan fingerprint density at radius 2 is 1.61 bits per heavy atom. The summed E-state index contributed by atoms with van der Waals surface area (Å²) in [6.07, 6.45) is 6.66. The van der Waals surface area contributed by atoms with Crippen LogP contribution in [0.2, 0.25) is 0 Å². The first-order chi connectivity index (χ1) is 31.5. The number of benzene rings is 3. The summed E-state index contributed by atoms with van der Waals surface area (Å²) in [6, 6.07) is 21.8. The maximum atomic E-state index is 13.3. The number of aliphatic hydroxyl groups is 1. The van der Waals surface area contributed by atoms with Crippen LogP contribution >= 0.6 is 15.9 Å². The predicted molar refractivity (Wildman–Crippen MR) is 250 cm³/mol. The molecule has 0 unspecified atom stereocenters. The zero-order chi connectivity index (χ0) is 47.9. The molecule has 66 heavy (non-hydrogen) atoms. The van der Waals surface area contributed by atoms with E-state index in [2.05, 4.69) is 45.9 Å². The molecule has 1 amide bonds. The third-order valence-electron chi connectivity index (χ3n) is 10.7. The second kappa shape index (κ2) is 24.0. The van der Waals surface area contributed by atoms with E-state index in [0.29, 0.717) is 43.4 Å². The highest BCUT2D eigenvalue weighted by molar-refractivity contribution is 9.10. The number of esters is 1. The molecular formula is C47H56BrN7O10S. The van der Waals surface area contributed by atoms with Gasteiger partial charge in [0.2, 0.25) is 11.8 Å². The number of carboxylic acids is 1. The van der Waals surface area contributed by atoms with Crippen molar-refractivity contribution >= 4 is 49.6 Å². The normalized spacial score (nSPS) is 14.6. The van der Waals surface area contributed by atoms with Gasteiger partial charge in [-0.2, -0.15) is 0 Å². The predicted octanol–water partition coefficient (Wildman–Crippen LogP) is 6.14. The molecule has 0 spiro atoms. The Morgan fingerprint density at radius 3 is 2.24 bits per heavy atom. The van der Waals surface area contributed by atoms with Crippen LogP contribution in [0.25, 0.3) is 11.1 Å². The van der Waals surface area contributed by atoms with Gasteiger partial charge in [0.05, 0.1) is 34.2 Å². The standard InChI is InChI=1S/C27H28BrN5O5S.C20H28N2O5/c1-18-4-6-19(7-5-18)23-24(33-39(35,36)22-10-8-20(9-11-22)27(2,3)16-34)31-17-32-25(23)37-12-13-38-26-29-14-21(28)15-30-26;1-3-27-20(26)16(12-11-15-8-5-4-6-9-15)21-14(2)18(23)22-13-7-10-17(22)19(24)25/h4-11,14-15,17,34H,12-13,16H2,1-3H3,(H,31,32,33);4-6,8-9,14,16-17,21H,3,7,10-13H2,1-2H3,(H,24,25)/t;14-,16-,17-/m.0/s1. The Labute approximate surface area is 393 Å². The van der Waals surface area contributed by atoms with Crippen molar-refractivity contribution in [3.05, 3.63) is 119 Å². The molecule has 2 aromatic heterocycles. The number of hydrogen-bond acceptors (Lipinski definition) is 14. The number of halogens is 1. The van der Waals surface area contributed by atoms with Gasteiger partial charge in [-0.3, -0.25) is 19.6 Å². The zero-order valence-corrected chi connectivity index (χ0v) is 39.9. The second-order valence-electron chi connectivity index (χ2n) is 16.1. The van der Waals surface area contributed by atoms with Crippen molar-refractivity contribution in [2.75, 3.05) is 37.7 Å². The molecule has 1 saturated heterocycles. The van der Waals surface area contributed by atoms with E-state index in [9.17, 15) is 33.0 Å². The fourth-order valence-electron chi connectivity index (χ4n) is 6.92. The number of carbonyl (C=O) groups excluding carboxylic acids is 2. The number of anilines is 1. The van der Waals surface area contributed by atoms with Crippen molar-refractivity contribution in [3.8, 4) is 23.0 Å². The Kier molecular flexibility index (Phi) is 18.5. The number of likely N-dealkylation sites (tertiary alicyclic amines) is 1. The van der Waals surface area contributed by atoms with Crippen LogP contribution in [0.15, 0.2) is 107 Å². The van der Waals surface area contributed by atoms with Gasteiger partial charge in [-0.05, 0) is 91.2 Å². The number of nitrogens with zero attached hydrogens (tertiary/aromatic N) is 5. The molecular weight excluding hydrogens is 935 g/mol. The number of amides is 1. The van der Waals surface area contributed by atoms with Crippen molar-refractivity contribution in [2.45, 2.75) is 88.7 Å². The van der Waals surface area contributed by atoms with Crippen LogP contribution in [0.4, 0.5) is 5.82 Å². The number of aromatic nitrogens is 4. The second-order valence-corrected chi connectivity index (χ2v) is 18.7. The van der Waals surface area contributed by atoms with Crippen molar-refractivity contribution in [2.24, 2.45) is 0 Å². The summed E-state index contributed by atoms with van der Waals surface area (Å²) in [5.41, 5.74) is 3.51.